The van der Waals surface area contributed by atoms with Gasteiger partial charge in [-0.1, -0.05) is 18.2 Å². The summed E-state index contributed by atoms with van der Waals surface area (Å²) < 4.78 is 9.50. The molecule has 12 heteroatoms. The van der Waals surface area contributed by atoms with E-state index in [4.69, 9.17) is 4.74 Å². The predicted molar refractivity (Wildman–Crippen MR) is 95.2 cm³/mol. The summed E-state index contributed by atoms with van der Waals surface area (Å²) in [6, 6.07) is 7.45. The van der Waals surface area contributed by atoms with Gasteiger partial charge in [-0.2, -0.15) is 0 Å². The number of esters is 2. The number of carbonyl (C=O) groups is 4. The van der Waals surface area contributed by atoms with Gasteiger partial charge < -0.3 is 24.7 Å². The Labute approximate surface area is 164 Å². The fraction of sp³-hybridized carbons (Fsp3) is 0.412. The number of para-hydroxylation sites is 1. The van der Waals surface area contributed by atoms with Crippen LogP contribution in [0.15, 0.2) is 30.3 Å². The van der Waals surface area contributed by atoms with E-state index >= 15 is 0 Å². The molecule has 2 N–H and O–H groups in total. The zero-order valence-electron chi connectivity index (χ0n) is 15.4. The molecule has 0 amide bonds. The second-order valence-corrected chi connectivity index (χ2v) is 5.73. The SMILES string of the molecule is CC(=O)C(=O)OC(COC(=O)CC[C@H](Nc1ccccc1)C(=O)O)CO[N+](=O)[O-]. The number of ether oxygens (including phenoxy) is 2. The van der Waals surface area contributed by atoms with Crippen LogP contribution in [0.3, 0.4) is 0 Å². The molecular weight excluding hydrogens is 392 g/mol. The minimum absolute atomic E-state index is 0.105. The number of hydrogen-bond acceptors (Lipinski definition) is 10. The number of Topliss-reactive ketones (excluding diaryl/α,β-unsaturated/α-hetero) is 1. The van der Waals surface area contributed by atoms with Crippen molar-refractivity contribution in [3.8, 4) is 0 Å². The summed E-state index contributed by atoms with van der Waals surface area (Å²) >= 11 is 0. The largest absolute Gasteiger partial charge is 0.480 e. The van der Waals surface area contributed by atoms with E-state index in [0.29, 0.717) is 5.69 Å². The Balaban J connectivity index is 2.53. The molecule has 158 valence electrons. The summed E-state index contributed by atoms with van der Waals surface area (Å²) in [7, 11) is 0. The molecule has 0 saturated heterocycles. The van der Waals surface area contributed by atoms with Crippen molar-refractivity contribution in [2.45, 2.75) is 31.9 Å². The maximum Gasteiger partial charge on any atom is 0.374 e. The second kappa shape index (κ2) is 11.9. The first kappa shape index (κ1) is 23.3. The molecule has 0 bridgehead atoms. The molecule has 0 spiro atoms. The number of ketones is 1. The van der Waals surface area contributed by atoms with Gasteiger partial charge in [0.05, 0.1) is 0 Å². The fourth-order valence-corrected chi connectivity index (χ4v) is 2.01. The van der Waals surface area contributed by atoms with E-state index in [1.807, 2.05) is 0 Å². The Morgan fingerprint density at radius 1 is 1.17 bits per heavy atom. The highest BCUT2D eigenvalue weighted by Gasteiger charge is 2.23. The number of benzene rings is 1. The lowest BCUT2D eigenvalue weighted by atomic mass is 10.1. The minimum atomic E-state index is -1.38. The lowest BCUT2D eigenvalue weighted by Gasteiger charge is -2.17. The van der Waals surface area contributed by atoms with Crippen LogP contribution in [0.4, 0.5) is 5.69 Å². The van der Waals surface area contributed by atoms with E-state index in [-0.39, 0.29) is 12.8 Å². The Hall–Kier alpha value is -3.70. The first-order valence-corrected chi connectivity index (χ1v) is 8.38. The maximum atomic E-state index is 11.9. The molecule has 0 fully saturated rings. The molecule has 0 aliphatic rings. The highest BCUT2D eigenvalue weighted by atomic mass is 17.0. The molecule has 29 heavy (non-hydrogen) atoms. The van der Waals surface area contributed by atoms with Gasteiger partial charge in [-0.05, 0) is 18.6 Å². The van der Waals surface area contributed by atoms with Crippen LogP contribution in [0.5, 0.6) is 0 Å². The summed E-state index contributed by atoms with van der Waals surface area (Å²) in [5.74, 6) is -4.21. The van der Waals surface area contributed by atoms with Gasteiger partial charge in [-0.3, -0.25) is 9.59 Å². The number of anilines is 1. The number of carboxylic acids is 1. The molecule has 0 aromatic heterocycles. The van der Waals surface area contributed by atoms with Gasteiger partial charge in [-0.15, -0.1) is 10.1 Å². The van der Waals surface area contributed by atoms with Crippen LogP contribution in [0.2, 0.25) is 0 Å². The van der Waals surface area contributed by atoms with Crippen LogP contribution in [0.25, 0.3) is 0 Å². The summed E-state index contributed by atoms with van der Waals surface area (Å²) in [5.41, 5.74) is 0.557. The van der Waals surface area contributed by atoms with Crippen LogP contribution in [0, 0.1) is 10.1 Å². The third-order valence-corrected chi connectivity index (χ3v) is 3.41. The zero-order valence-corrected chi connectivity index (χ0v) is 15.4. The molecule has 1 rings (SSSR count). The van der Waals surface area contributed by atoms with E-state index in [0.717, 1.165) is 6.92 Å². The number of aliphatic carboxylic acids is 1. The van der Waals surface area contributed by atoms with Crippen molar-refractivity contribution in [3.63, 3.8) is 0 Å². The smallest absolute Gasteiger partial charge is 0.374 e. The number of carboxylic acid groups (broad SMARTS) is 1. The number of hydrogen-bond donors (Lipinski definition) is 2. The van der Waals surface area contributed by atoms with Gasteiger partial charge in [0.25, 0.3) is 5.09 Å². The van der Waals surface area contributed by atoms with Gasteiger partial charge in [0.15, 0.2) is 6.10 Å². The van der Waals surface area contributed by atoms with Gasteiger partial charge in [0.1, 0.15) is 19.3 Å². The first-order chi connectivity index (χ1) is 13.7. The number of nitrogens with one attached hydrogen (secondary N) is 1. The summed E-state index contributed by atoms with van der Waals surface area (Å²) in [6.07, 6.45) is -1.77. The predicted octanol–water partition coefficient (Wildman–Crippen LogP) is 0.584. The lowest BCUT2D eigenvalue weighted by Crippen LogP contribution is -2.33. The van der Waals surface area contributed by atoms with Crippen molar-refractivity contribution in [3.05, 3.63) is 40.4 Å². The Morgan fingerprint density at radius 2 is 1.83 bits per heavy atom. The Morgan fingerprint density at radius 3 is 2.38 bits per heavy atom. The molecule has 1 unspecified atom stereocenters. The number of rotatable bonds is 13. The lowest BCUT2D eigenvalue weighted by molar-refractivity contribution is -0.759. The van der Waals surface area contributed by atoms with E-state index in [1.165, 1.54) is 0 Å². The molecule has 0 saturated carbocycles. The van der Waals surface area contributed by atoms with E-state index in [2.05, 4.69) is 14.9 Å². The second-order valence-electron chi connectivity index (χ2n) is 5.73. The monoisotopic (exact) mass is 412 g/mol. The van der Waals surface area contributed by atoms with Crippen LogP contribution < -0.4 is 5.32 Å². The standard InChI is InChI=1S/C17H20N2O10/c1-11(20)17(24)29-13(10-28-19(25)26)9-27-15(21)8-7-14(16(22)23)18-12-5-3-2-4-6-12/h2-6,13-14,18H,7-10H2,1H3,(H,22,23)/t13?,14-/m0/s1. The molecule has 1 aromatic carbocycles. The molecule has 2 atom stereocenters. The average Bonchev–Trinajstić information content (AvgIpc) is 2.67. The number of nitrogens with zero attached hydrogens (tertiary/aromatic N) is 1. The normalized spacial score (nSPS) is 12.2. The summed E-state index contributed by atoms with van der Waals surface area (Å²) in [5, 5.41) is 21.1. The maximum absolute atomic E-state index is 11.9. The average molecular weight is 412 g/mol. The van der Waals surface area contributed by atoms with Crippen molar-refractivity contribution in [1.29, 1.82) is 0 Å². The summed E-state index contributed by atoms with van der Waals surface area (Å²) in [4.78, 5) is 59.7. The fourth-order valence-electron chi connectivity index (χ4n) is 2.01. The van der Waals surface area contributed by atoms with E-state index in [9.17, 15) is 34.4 Å². The minimum Gasteiger partial charge on any atom is -0.480 e. The molecule has 0 heterocycles. The van der Waals surface area contributed by atoms with Crippen molar-refractivity contribution < 1.29 is 43.7 Å². The zero-order chi connectivity index (χ0) is 21.8. The quantitative estimate of drug-likeness (QED) is 0.201. The van der Waals surface area contributed by atoms with Crippen molar-refractivity contribution in [2.75, 3.05) is 18.5 Å². The van der Waals surface area contributed by atoms with Crippen LogP contribution in [0.1, 0.15) is 19.8 Å². The van der Waals surface area contributed by atoms with Gasteiger partial charge in [0, 0.05) is 19.0 Å². The Kier molecular flexibility index (Phi) is 9.57. The first-order valence-electron chi connectivity index (χ1n) is 8.38. The molecule has 0 aliphatic heterocycles. The van der Waals surface area contributed by atoms with Crippen LogP contribution in [-0.4, -0.2) is 59.2 Å². The van der Waals surface area contributed by atoms with E-state index in [1.54, 1.807) is 30.3 Å². The van der Waals surface area contributed by atoms with Crippen molar-refractivity contribution in [1.82, 2.24) is 0 Å². The van der Waals surface area contributed by atoms with Gasteiger partial charge in [-0.25, -0.2) is 9.59 Å². The third-order valence-electron chi connectivity index (χ3n) is 3.41. The van der Waals surface area contributed by atoms with Crippen LogP contribution >= 0.6 is 0 Å². The number of carbonyl (C=O) groups excluding carboxylic acids is 3. The summed E-state index contributed by atoms with van der Waals surface area (Å²) in [6.45, 7) is -0.409. The molecular formula is C17H20N2O10. The topological polar surface area (TPSA) is 171 Å². The highest BCUT2D eigenvalue weighted by molar-refractivity contribution is 6.32. The van der Waals surface area contributed by atoms with Crippen LogP contribution in [-0.2, 0) is 33.5 Å². The third kappa shape index (κ3) is 9.70. The van der Waals surface area contributed by atoms with Gasteiger partial charge >= 0.3 is 17.9 Å². The molecule has 1 aromatic rings. The van der Waals surface area contributed by atoms with Crippen molar-refractivity contribution >= 4 is 29.4 Å². The van der Waals surface area contributed by atoms with E-state index < -0.39 is 54.1 Å². The molecule has 12 nitrogen and oxygen atoms in total. The van der Waals surface area contributed by atoms with Crippen molar-refractivity contribution in [2.24, 2.45) is 0 Å². The molecule has 0 radical (unpaired) electrons. The molecule has 0 aliphatic carbocycles. The highest BCUT2D eigenvalue weighted by Crippen LogP contribution is 2.11. The van der Waals surface area contributed by atoms with Gasteiger partial charge in [0.2, 0.25) is 5.78 Å². The Bertz CT molecular complexity index is 737.